The molecule has 1 aromatic heterocycles. The SMILES string of the molecule is COc1ccc2c(Nc3ccccc3CCl)nccc2c1. The molecule has 0 aliphatic rings. The van der Waals surface area contributed by atoms with Crippen LogP contribution in [0.3, 0.4) is 0 Å². The third-order valence-corrected chi connectivity index (χ3v) is 3.67. The van der Waals surface area contributed by atoms with Gasteiger partial charge in [-0.05, 0) is 41.3 Å². The Morgan fingerprint density at radius 1 is 1.14 bits per heavy atom. The van der Waals surface area contributed by atoms with Gasteiger partial charge in [-0.2, -0.15) is 0 Å². The van der Waals surface area contributed by atoms with Crippen molar-refractivity contribution in [3.05, 3.63) is 60.3 Å². The smallest absolute Gasteiger partial charge is 0.138 e. The number of hydrogen-bond donors (Lipinski definition) is 1. The lowest BCUT2D eigenvalue weighted by Gasteiger charge is -2.12. The van der Waals surface area contributed by atoms with Crippen LogP contribution in [0, 0.1) is 0 Å². The number of para-hydroxylation sites is 1. The maximum Gasteiger partial charge on any atom is 0.138 e. The Morgan fingerprint density at radius 3 is 2.81 bits per heavy atom. The number of benzene rings is 2. The highest BCUT2D eigenvalue weighted by Gasteiger charge is 2.06. The molecule has 21 heavy (non-hydrogen) atoms. The van der Waals surface area contributed by atoms with E-state index in [4.69, 9.17) is 16.3 Å². The molecular weight excluding hydrogens is 284 g/mol. The Hall–Kier alpha value is -2.26. The molecule has 106 valence electrons. The number of nitrogens with one attached hydrogen (secondary N) is 1. The fraction of sp³-hybridized carbons (Fsp3) is 0.118. The molecule has 3 rings (SSSR count). The second-order valence-electron chi connectivity index (χ2n) is 4.66. The molecule has 0 saturated carbocycles. The number of fused-ring (bicyclic) bond motifs is 1. The van der Waals surface area contributed by atoms with Gasteiger partial charge >= 0.3 is 0 Å². The van der Waals surface area contributed by atoms with Gasteiger partial charge in [-0.1, -0.05) is 18.2 Å². The van der Waals surface area contributed by atoms with Crippen molar-refractivity contribution in [1.82, 2.24) is 4.98 Å². The summed E-state index contributed by atoms with van der Waals surface area (Å²) < 4.78 is 5.26. The highest BCUT2D eigenvalue weighted by atomic mass is 35.5. The fourth-order valence-electron chi connectivity index (χ4n) is 2.27. The first-order valence-corrected chi connectivity index (χ1v) is 7.19. The average Bonchev–Trinajstić information content (AvgIpc) is 2.55. The van der Waals surface area contributed by atoms with E-state index < -0.39 is 0 Å². The van der Waals surface area contributed by atoms with Crippen LogP contribution in [-0.4, -0.2) is 12.1 Å². The number of rotatable bonds is 4. The van der Waals surface area contributed by atoms with Crippen LogP contribution in [0.4, 0.5) is 11.5 Å². The Morgan fingerprint density at radius 2 is 2.00 bits per heavy atom. The fourth-order valence-corrected chi connectivity index (χ4v) is 2.50. The van der Waals surface area contributed by atoms with Crippen LogP contribution in [0.25, 0.3) is 10.8 Å². The number of aromatic nitrogens is 1. The molecule has 1 heterocycles. The van der Waals surface area contributed by atoms with Gasteiger partial charge in [0, 0.05) is 23.2 Å². The third kappa shape index (κ3) is 2.78. The van der Waals surface area contributed by atoms with E-state index in [1.807, 2.05) is 48.5 Å². The second kappa shape index (κ2) is 6.02. The van der Waals surface area contributed by atoms with Crippen molar-refractivity contribution >= 4 is 33.9 Å². The summed E-state index contributed by atoms with van der Waals surface area (Å²) >= 11 is 5.98. The van der Waals surface area contributed by atoms with E-state index in [0.717, 1.165) is 33.6 Å². The van der Waals surface area contributed by atoms with Crippen LogP contribution >= 0.6 is 11.6 Å². The second-order valence-corrected chi connectivity index (χ2v) is 4.93. The lowest BCUT2D eigenvalue weighted by atomic mass is 10.1. The summed E-state index contributed by atoms with van der Waals surface area (Å²) in [6.45, 7) is 0. The molecule has 0 radical (unpaired) electrons. The predicted molar refractivity (Wildman–Crippen MR) is 87.6 cm³/mol. The molecule has 0 spiro atoms. The number of ether oxygens (including phenoxy) is 1. The Kier molecular flexibility index (Phi) is 3.93. The molecule has 4 heteroatoms. The minimum absolute atomic E-state index is 0.460. The number of nitrogens with zero attached hydrogens (tertiary/aromatic N) is 1. The van der Waals surface area contributed by atoms with Crippen molar-refractivity contribution in [2.24, 2.45) is 0 Å². The summed E-state index contributed by atoms with van der Waals surface area (Å²) in [7, 11) is 1.66. The molecular formula is C17H15ClN2O. The molecule has 3 aromatic rings. The van der Waals surface area contributed by atoms with Gasteiger partial charge in [0.1, 0.15) is 11.6 Å². The number of alkyl halides is 1. The normalized spacial score (nSPS) is 10.6. The van der Waals surface area contributed by atoms with Gasteiger partial charge < -0.3 is 10.1 Å². The van der Waals surface area contributed by atoms with Crippen molar-refractivity contribution in [3.8, 4) is 5.75 Å². The summed E-state index contributed by atoms with van der Waals surface area (Å²) in [5, 5.41) is 5.49. The van der Waals surface area contributed by atoms with Gasteiger partial charge in [-0.25, -0.2) is 4.98 Å². The molecule has 0 unspecified atom stereocenters. The first kappa shape index (κ1) is 13.7. The van der Waals surface area contributed by atoms with E-state index in [0.29, 0.717) is 5.88 Å². The number of pyridine rings is 1. The maximum atomic E-state index is 5.98. The van der Waals surface area contributed by atoms with Crippen LogP contribution in [0.15, 0.2) is 54.7 Å². The first-order chi connectivity index (χ1) is 10.3. The van der Waals surface area contributed by atoms with E-state index in [-0.39, 0.29) is 0 Å². The molecule has 0 aliphatic heterocycles. The van der Waals surface area contributed by atoms with E-state index in [9.17, 15) is 0 Å². The molecule has 0 atom stereocenters. The zero-order valence-electron chi connectivity index (χ0n) is 11.6. The first-order valence-electron chi connectivity index (χ1n) is 6.65. The summed E-state index contributed by atoms with van der Waals surface area (Å²) in [5.41, 5.74) is 2.02. The van der Waals surface area contributed by atoms with Gasteiger partial charge in [-0.3, -0.25) is 0 Å². The average molecular weight is 299 g/mol. The van der Waals surface area contributed by atoms with E-state index >= 15 is 0 Å². The van der Waals surface area contributed by atoms with Gasteiger partial charge in [-0.15, -0.1) is 11.6 Å². The van der Waals surface area contributed by atoms with Crippen LogP contribution in [0.2, 0.25) is 0 Å². The number of anilines is 2. The van der Waals surface area contributed by atoms with Gasteiger partial charge in [0.15, 0.2) is 0 Å². The van der Waals surface area contributed by atoms with Gasteiger partial charge in [0.05, 0.1) is 7.11 Å². The largest absolute Gasteiger partial charge is 0.497 e. The minimum atomic E-state index is 0.460. The standard InChI is InChI=1S/C17H15ClN2O/c1-21-14-6-7-15-12(10-14)8-9-19-17(15)20-16-5-3-2-4-13(16)11-18/h2-10H,11H2,1H3,(H,19,20). The summed E-state index contributed by atoms with van der Waals surface area (Å²) in [5.74, 6) is 2.11. The van der Waals surface area contributed by atoms with Crippen molar-refractivity contribution < 1.29 is 4.74 Å². The molecule has 0 aliphatic carbocycles. The van der Waals surface area contributed by atoms with Crippen molar-refractivity contribution in [1.29, 1.82) is 0 Å². The highest BCUT2D eigenvalue weighted by molar-refractivity contribution is 6.17. The Labute approximate surface area is 128 Å². The van der Waals surface area contributed by atoms with Crippen molar-refractivity contribution in [3.63, 3.8) is 0 Å². The summed E-state index contributed by atoms with van der Waals surface area (Å²) in [4.78, 5) is 4.44. The Balaban J connectivity index is 2.04. The van der Waals surface area contributed by atoms with E-state index in [1.165, 1.54) is 0 Å². The highest BCUT2D eigenvalue weighted by Crippen LogP contribution is 2.28. The molecule has 2 aromatic carbocycles. The molecule has 0 bridgehead atoms. The van der Waals surface area contributed by atoms with Crippen LogP contribution < -0.4 is 10.1 Å². The monoisotopic (exact) mass is 298 g/mol. The van der Waals surface area contributed by atoms with Gasteiger partial charge in [0.25, 0.3) is 0 Å². The lowest BCUT2D eigenvalue weighted by molar-refractivity contribution is 0.415. The molecule has 0 fully saturated rings. The summed E-state index contributed by atoms with van der Waals surface area (Å²) in [6, 6.07) is 15.9. The molecule has 0 amide bonds. The lowest BCUT2D eigenvalue weighted by Crippen LogP contribution is -1.97. The maximum absolute atomic E-state index is 5.98. The topological polar surface area (TPSA) is 34.1 Å². The van der Waals surface area contributed by atoms with Crippen LogP contribution in [0.5, 0.6) is 5.75 Å². The van der Waals surface area contributed by atoms with E-state index in [2.05, 4.69) is 10.3 Å². The third-order valence-electron chi connectivity index (χ3n) is 3.39. The molecule has 0 saturated heterocycles. The van der Waals surface area contributed by atoms with Crippen LogP contribution in [0.1, 0.15) is 5.56 Å². The van der Waals surface area contributed by atoms with Gasteiger partial charge in [0.2, 0.25) is 0 Å². The minimum Gasteiger partial charge on any atom is -0.497 e. The predicted octanol–water partition coefficient (Wildman–Crippen LogP) is 4.73. The van der Waals surface area contributed by atoms with Crippen LogP contribution in [-0.2, 0) is 5.88 Å². The number of hydrogen-bond acceptors (Lipinski definition) is 3. The Bertz CT molecular complexity index is 774. The quantitative estimate of drug-likeness (QED) is 0.707. The molecule has 3 nitrogen and oxygen atoms in total. The number of halogens is 1. The zero-order valence-corrected chi connectivity index (χ0v) is 12.4. The molecule has 1 N–H and O–H groups in total. The van der Waals surface area contributed by atoms with Crippen molar-refractivity contribution in [2.75, 3.05) is 12.4 Å². The summed E-state index contributed by atoms with van der Waals surface area (Å²) in [6.07, 6.45) is 1.79. The van der Waals surface area contributed by atoms with Crippen molar-refractivity contribution in [2.45, 2.75) is 5.88 Å². The van der Waals surface area contributed by atoms with E-state index in [1.54, 1.807) is 13.3 Å². The number of methoxy groups -OCH3 is 1. The zero-order chi connectivity index (χ0) is 14.7.